The molecule has 1 aromatic carbocycles. The summed E-state index contributed by atoms with van der Waals surface area (Å²) < 4.78 is 8.03. The van der Waals surface area contributed by atoms with Gasteiger partial charge in [-0.05, 0) is 25.0 Å². The van der Waals surface area contributed by atoms with E-state index in [1.807, 2.05) is 6.07 Å². The number of ether oxygens (including phenoxy) is 1. The molecule has 0 aromatic heterocycles. The van der Waals surface area contributed by atoms with E-state index in [9.17, 15) is 0 Å². The zero-order valence-corrected chi connectivity index (χ0v) is 12.8. The maximum Gasteiger partial charge on any atom is 0.100 e. The van der Waals surface area contributed by atoms with Crippen molar-refractivity contribution in [2.24, 2.45) is 0 Å². The summed E-state index contributed by atoms with van der Waals surface area (Å²) in [6, 6.07) is 8.27. The van der Waals surface area contributed by atoms with Gasteiger partial charge < -0.3 is 4.74 Å². The second-order valence-electron chi connectivity index (χ2n) is 3.69. The van der Waals surface area contributed by atoms with E-state index in [1.54, 1.807) is 0 Å². The Labute approximate surface area is 114 Å². The fourth-order valence-corrected chi connectivity index (χ4v) is 2.74. The number of benzene rings is 1. The van der Waals surface area contributed by atoms with Crippen LogP contribution in [0.15, 0.2) is 28.7 Å². The first-order valence-electron chi connectivity index (χ1n) is 5.09. The maximum absolute atomic E-state index is 5.96. The highest BCUT2D eigenvalue weighted by atomic mass is 127. The lowest BCUT2D eigenvalue weighted by molar-refractivity contribution is -0.0155. The van der Waals surface area contributed by atoms with E-state index in [4.69, 9.17) is 4.74 Å². The first-order valence-corrected chi connectivity index (χ1v) is 7.41. The summed E-state index contributed by atoms with van der Waals surface area (Å²) in [7, 11) is 0. The van der Waals surface area contributed by atoms with E-state index < -0.39 is 0 Å². The molecule has 0 amide bonds. The van der Waals surface area contributed by atoms with Gasteiger partial charge in [-0.1, -0.05) is 63.6 Å². The molecule has 0 fully saturated rings. The molecule has 15 heavy (non-hydrogen) atoms. The van der Waals surface area contributed by atoms with Crippen molar-refractivity contribution < 1.29 is 4.74 Å². The monoisotopic (exact) mass is 382 g/mol. The number of alkyl halides is 1. The third-order valence-electron chi connectivity index (χ3n) is 2.32. The Kier molecular flexibility index (Phi) is 5.57. The van der Waals surface area contributed by atoms with Gasteiger partial charge in [0, 0.05) is 15.5 Å². The van der Waals surface area contributed by atoms with Crippen LogP contribution in [-0.4, -0.2) is 11.0 Å². The minimum atomic E-state index is -0.184. The molecule has 0 aliphatic carbocycles. The molecule has 0 N–H and O–H groups in total. The zero-order chi connectivity index (χ0) is 11.3. The number of hydrogen-bond donors (Lipinski definition) is 0. The molecule has 0 saturated heterocycles. The fourth-order valence-electron chi connectivity index (χ4n) is 1.41. The third-order valence-corrected chi connectivity index (χ3v) is 4.47. The lowest BCUT2D eigenvalue weighted by atomic mass is 9.98. The molecule has 0 aliphatic heterocycles. The van der Waals surface area contributed by atoms with Crippen LogP contribution in [0.1, 0.15) is 25.8 Å². The van der Waals surface area contributed by atoms with Gasteiger partial charge >= 0.3 is 0 Å². The predicted molar refractivity (Wildman–Crippen MR) is 76.6 cm³/mol. The lowest BCUT2D eigenvalue weighted by Gasteiger charge is -2.29. The molecule has 1 aromatic rings. The van der Waals surface area contributed by atoms with Crippen LogP contribution in [0, 0.1) is 0 Å². The summed E-state index contributed by atoms with van der Waals surface area (Å²) in [6.07, 6.45) is 1.05. The van der Waals surface area contributed by atoms with Crippen LogP contribution in [0.2, 0.25) is 0 Å². The van der Waals surface area contributed by atoms with Crippen LogP contribution in [-0.2, 0) is 10.3 Å². The highest BCUT2D eigenvalue weighted by Gasteiger charge is 2.27. The average molecular weight is 383 g/mol. The van der Waals surface area contributed by atoms with Crippen LogP contribution in [0.5, 0.6) is 0 Å². The summed E-state index contributed by atoms with van der Waals surface area (Å²) in [6.45, 7) is 5.09. The van der Waals surface area contributed by atoms with Gasteiger partial charge in [0.25, 0.3) is 0 Å². The van der Waals surface area contributed by atoms with E-state index in [0.717, 1.165) is 21.9 Å². The molecule has 0 heterocycles. The van der Waals surface area contributed by atoms with Crippen molar-refractivity contribution in [1.82, 2.24) is 0 Å². The van der Waals surface area contributed by atoms with E-state index in [-0.39, 0.29) is 5.60 Å². The molecule has 1 nitrogen and oxygen atoms in total. The standard InChI is InChI=1S/C12H16BrIO/c1-3-8-15-12(2,9-14)10-6-4-5-7-11(10)13/h4-7H,3,8-9H2,1-2H3. The van der Waals surface area contributed by atoms with E-state index in [1.165, 1.54) is 5.56 Å². The van der Waals surface area contributed by atoms with Crippen molar-refractivity contribution in [3.63, 3.8) is 0 Å². The summed E-state index contributed by atoms with van der Waals surface area (Å²) in [5.74, 6) is 0. The number of halogens is 2. The Morgan fingerprint density at radius 1 is 1.40 bits per heavy atom. The van der Waals surface area contributed by atoms with Crippen LogP contribution >= 0.6 is 38.5 Å². The fraction of sp³-hybridized carbons (Fsp3) is 0.500. The summed E-state index contributed by atoms with van der Waals surface area (Å²) in [4.78, 5) is 0. The Bertz CT molecular complexity index is 316. The molecule has 0 saturated carbocycles. The minimum Gasteiger partial charge on any atom is -0.370 e. The van der Waals surface area contributed by atoms with Gasteiger partial charge in [-0.25, -0.2) is 0 Å². The van der Waals surface area contributed by atoms with Crippen LogP contribution in [0.4, 0.5) is 0 Å². The summed E-state index contributed by atoms with van der Waals surface area (Å²) in [5.41, 5.74) is 1.05. The molecule has 1 atom stereocenters. The molecule has 1 unspecified atom stereocenters. The Morgan fingerprint density at radius 3 is 2.60 bits per heavy atom. The average Bonchev–Trinajstić information content (AvgIpc) is 2.26. The van der Waals surface area contributed by atoms with Crippen molar-refractivity contribution >= 4 is 38.5 Å². The zero-order valence-electron chi connectivity index (χ0n) is 9.09. The Morgan fingerprint density at radius 2 is 2.07 bits per heavy atom. The molecule has 3 heteroatoms. The van der Waals surface area contributed by atoms with Crippen LogP contribution in [0.25, 0.3) is 0 Å². The smallest absolute Gasteiger partial charge is 0.100 e. The SMILES string of the molecule is CCCOC(C)(CI)c1ccccc1Br. The molecule has 0 spiro atoms. The normalized spacial score (nSPS) is 14.9. The third kappa shape index (κ3) is 3.43. The van der Waals surface area contributed by atoms with Crippen molar-refractivity contribution in [3.05, 3.63) is 34.3 Å². The van der Waals surface area contributed by atoms with E-state index >= 15 is 0 Å². The van der Waals surface area contributed by atoms with E-state index in [0.29, 0.717) is 0 Å². The van der Waals surface area contributed by atoms with Crippen LogP contribution < -0.4 is 0 Å². The van der Waals surface area contributed by atoms with Gasteiger partial charge in [0.05, 0.1) is 0 Å². The largest absolute Gasteiger partial charge is 0.370 e. The Hall–Kier alpha value is 0.390. The second-order valence-corrected chi connectivity index (χ2v) is 5.31. The Balaban J connectivity index is 2.95. The van der Waals surface area contributed by atoms with Gasteiger partial charge in [-0.15, -0.1) is 0 Å². The molecular weight excluding hydrogens is 367 g/mol. The molecule has 84 valence electrons. The predicted octanol–water partition coefficient (Wildman–Crippen LogP) is 4.53. The van der Waals surface area contributed by atoms with Gasteiger partial charge in [0.15, 0.2) is 0 Å². The van der Waals surface area contributed by atoms with Gasteiger partial charge in [0.1, 0.15) is 5.60 Å². The molecular formula is C12H16BrIO. The van der Waals surface area contributed by atoms with Gasteiger partial charge in [-0.2, -0.15) is 0 Å². The molecule has 0 bridgehead atoms. The highest BCUT2D eigenvalue weighted by Crippen LogP contribution is 2.33. The first kappa shape index (κ1) is 13.5. The molecule has 0 radical (unpaired) electrons. The van der Waals surface area contributed by atoms with Gasteiger partial charge in [0.2, 0.25) is 0 Å². The highest BCUT2D eigenvalue weighted by molar-refractivity contribution is 14.1. The topological polar surface area (TPSA) is 9.23 Å². The maximum atomic E-state index is 5.96. The van der Waals surface area contributed by atoms with Crippen molar-refractivity contribution in [2.45, 2.75) is 25.9 Å². The summed E-state index contributed by atoms with van der Waals surface area (Å²) in [5, 5.41) is 0. The minimum absolute atomic E-state index is 0.184. The second kappa shape index (κ2) is 6.21. The van der Waals surface area contributed by atoms with E-state index in [2.05, 4.69) is 70.6 Å². The molecule has 0 aliphatic rings. The number of rotatable bonds is 5. The van der Waals surface area contributed by atoms with Crippen molar-refractivity contribution in [2.75, 3.05) is 11.0 Å². The van der Waals surface area contributed by atoms with Crippen molar-refractivity contribution in [1.29, 1.82) is 0 Å². The molecule has 1 rings (SSSR count). The quantitative estimate of drug-likeness (QED) is 0.537. The van der Waals surface area contributed by atoms with Crippen LogP contribution in [0.3, 0.4) is 0 Å². The lowest BCUT2D eigenvalue weighted by Crippen LogP contribution is -2.28. The first-order chi connectivity index (χ1) is 7.14. The summed E-state index contributed by atoms with van der Waals surface area (Å²) >= 11 is 5.96. The number of hydrogen-bond acceptors (Lipinski definition) is 1. The van der Waals surface area contributed by atoms with Gasteiger partial charge in [-0.3, -0.25) is 0 Å². The van der Waals surface area contributed by atoms with Crippen molar-refractivity contribution in [3.8, 4) is 0 Å².